The minimum Gasteiger partial charge on any atom is -0.389 e. The van der Waals surface area contributed by atoms with Crippen LogP contribution < -0.4 is 11.1 Å². The molecule has 3 nitrogen and oxygen atoms in total. The average molecular weight is 178 g/mol. The zero-order valence-electron chi connectivity index (χ0n) is 7.62. The molecule has 1 aliphatic rings. The number of rotatable bonds is 0. The van der Waals surface area contributed by atoms with Gasteiger partial charge in [0.2, 0.25) is 0 Å². The van der Waals surface area contributed by atoms with Crippen molar-refractivity contribution in [2.45, 2.75) is 19.1 Å². The fourth-order valence-electron chi connectivity index (χ4n) is 1.67. The van der Waals surface area contributed by atoms with Crippen LogP contribution >= 0.6 is 0 Å². The molecule has 0 spiro atoms. The van der Waals surface area contributed by atoms with E-state index in [9.17, 15) is 5.11 Å². The van der Waals surface area contributed by atoms with Gasteiger partial charge in [-0.15, -0.1) is 0 Å². The number of hydrogen-bond donors (Lipinski definition) is 3. The molecule has 2 rings (SSSR count). The van der Waals surface area contributed by atoms with Crippen LogP contribution in [-0.4, -0.2) is 17.8 Å². The highest BCUT2D eigenvalue weighted by molar-refractivity contribution is 5.56. The summed E-state index contributed by atoms with van der Waals surface area (Å²) in [5, 5.41) is 12.7. The van der Waals surface area contributed by atoms with Crippen molar-refractivity contribution in [1.82, 2.24) is 0 Å². The minimum absolute atomic E-state index is 0.254. The second kappa shape index (κ2) is 3.01. The fraction of sp³-hybridized carbons (Fsp3) is 0.400. The van der Waals surface area contributed by atoms with E-state index in [0.717, 1.165) is 11.3 Å². The minimum atomic E-state index is -0.478. The maximum atomic E-state index is 9.53. The first-order chi connectivity index (χ1) is 6.18. The molecule has 1 heterocycles. The molecule has 0 radical (unpaired) electrons. The van der Waals surface area contributed by atoms with Crippen molar-refractivity contribution in [2.24, 2.45) is 5.73 Å². The number of fused-ring (bicyclic) bond motifs is 1. The number of β-amino-alcohol motifs (C(OH)–C–C–N with tert-alkyl or cyclic N) is 1. The van der Waals surface area contributed by atoms with Crippen molar-refractivity contribution in [1.29, 1.82) is 0 Å². The molecule has 13 heavy (non-hydrogen) atoms. The van der Waals surface area contributed by atoms with Crippen LogP contribution in [0.25, 0.3) is 0 Å². The van der Waals surface area contributed by atoms with E-state index in [4.69, 9.17) is 5.73 Å². The Morgan fingerprint density at radius 1 is 1.54 bits per heavy atom. The summed E-state index contributed by atoms with van der Waals surface area (Å²) in [4.78, 5) is 0. The van der Waals surface area contributed by atoms with Crippen LogP contribution in [-0.2, 0) is 0 Å². The van der Waals surface area contributed by atoms with Gasteiger partial charge in [-0.25, -0.2) is 0 Å². The normalized spacial score (nSPS) is 26.4. The van der Waals surface area contributed by atoms with Gasteiger partial charge >= 0.3 is 0 Å². The van der Waals surface area contributed by atoms with Gasteiger partial charge in [0, 0.05) is 12.2 Å². The molecule has 70 valence electrons. The number of aliphatic hydroxyl groups is 1. The van der Waals surface area contributed by atoms with Crippen molar-refractivity contribution in [3.05, 3.63) is 29.3 Å². The maximum Gasteiger partial charge on any atom is 0.0905 e. The van der Waals surface area contributed by atoms with Crippen LogP contribution in [0.5, 0.6) is 0 Å². The lowest BCUT2D eigenvalue weighted by Gasteiger charge is -2.28. The first-order valence-corrected chi connectivity index (χ1v) is 4.46. The molecule has 4 N–H and O–H groups in total. The van der Waals surface area contributed by atoms with Crippen LogP contribution in [0, 0.1) is 6.92 Å². The van der Waals surface area contributed by atoms with E-state index >= 15 is 0 Å². The summed E-state index contributed by atoms with van der Waals surface area (Å²) in [6, 6.07) is 5.82. The molecule has 1 aliphatic heterocycles. The van der Waals surface area contributed by atoms with Crippen molar-refractivity contribution >= 4 is 5.69 Å². The molecule has 0 saturated carbocycles. The predicted molar refractivity (Wildman–Crippen MR) is 52.6 cm³/mol. The van der Waals surface area contributed by atoms with E-state index in [-0.39, 0.29) is 6.04 Å². The molecule has 1 aromatic carbocycles. The lowest BCUT2D eigenvalue weighted by Crippen LogP contribution is -2.37. The molecule has 0 aromatic heterocycles. The number of nitrogens with two attached hydrogens (primary N) is 1. The van der Waals surface area contributed by atoms with Crippen LogP contribution in [0.1, 0.15) is 17.2 Å². The summed E-state index contributed by atoms with van der Waals surface area (Å²) in [7, 11) is 0. The molecular formula is C10H14N2O. The largest absolute Gasteiger partial charge is 0.389 e. The fourth-order valence-corrected chi connectivity index (χ4v) is 1.67. The van der Waals surface area contributed by atoms with E-state index in [1.165, 1.54) is 5.56 Å². The van der Waals surface area contributed by atoms with Crippen LogP contribution in [0.2, 0.25) is 0 Å². The zero-order valence-corrected chi connectivity index (χ0v) is 7.62. The predicted octanol–water partition coefficient (Wildman–Crippen LogP) is 0.781. The molecular weight excluding hydrogens is 164 g/mol. The van der Waals surface area contributed by atoms with Gasteiger partial charge in [0.15, 0.2) is 0 Å². The third-order valence-electron chi connectivity index (χ3n) is 2.48. The van der Waals surface area contributed by atoms with Crippen molar-refractivity contribution in [2.75, 3.05) is 11.9 Å². The molecule has 2 unspecified atom stereocenters. The van der Waals surface area contributed by atoms with E-state index in [1.54, 1.807) is 0 Å². The van der Waals surface area contributed by atoms with Crippen LogP contribution in [0.4, 0.5) is 5.69 Å². The average Bonchev–Trinajstić information content (AvgIpc) is 2.12. The number of benzene rings is 1. The van der Waals surface area contributed by atoms with E-state index in [1.807, 2.05) is 25.1 Å². The summed E-state index contributed by atoms with van der Waals surface area (Å²) in [5.41, 5.74) is 9.10. The molecule has 0 fully saturated rings. The lowest BCUT2D eigenvalue weighted by molar-refractivity contribution is 0.153. The quantitative estimate of drug-likeness (QED) is 0.550. The number of aryl methyl sites for hydroxylation is 1. The highest BCUT2D eigenvalue weighted by atomic mass is 16.3. The van der Waals surface area contributed by atoms with E-state index in [2.05, 4.69) is 5.32 Å². The zero-order chi connectivity index (χ0) is 9.42. The van der Waals surface area contributed by atoms with Gasteiger partial charge < -0.3 is 16.2 Å². The third kappa shape index (κ3) is 1.41. The van der Waals surface area contributed by atoms with Gasteiger partial charge in [-0.05, 0) is 18.6 Å². The van der Waals surface area contributed by atoms with E-state index < -0.39 is 6.10 Å². The first-order valence-electron chi connectivity index (χ1n) is 4.46. The van der Waals surface area contributed by atoms with Gasteiger partial charge in [-0.2, -0.15) is 0 Å². The van der Waals surface area contributed by atoms with E-state index in [0.29, 0.717) is 6.54 Å². The number of aliphatic hydroxyl groups excluding tert-OH is 1. The molecule has 1 aromatic rings. The second-order valence-electron chi connectivity index (χ2n) is 3.56. The maximum absolute atomic E-state index is 9.53. The SMILES string of the molecule is Cc1ccc2c(c1)C(N)C(O)CN2. The Hall–Kier alpha value is -1.06. The molecule has 0 aliphatic carbocycles. The van der Waals surface area contributed by atoms with Gasteiger partial charge in [-0.3, -0.25) is 0 Å². The Balaban J connectivity index is 2.45. The van der Waals surface area contributed by atoms with Crippen LogP contribution in [0.15, 0.2) is 18.2 Å². The Kier molecular flexibility index (Phi) is 1.98. The highest BCUT2D eigenvalue weighted by Gasteiger charge is 2.24. The Morgan fingerprint density at radius 2 is 2.31 bits per heavy atom. The highest BCUT2D eigenvalue weighted by Crippen LogP contribution is 2.28. The lowest BCUT2D eigenvalue weighted by atomic mass is 9.95. The molecule has 3 heteroatoms. The van der Waals surface area contributed by atoms with Crippen molar-refractivity contribution in [3.8, 4) is 0 Å². The molecule has 0 amide bonds. The number of anilines is 1. The summed E-state index contributed by atoms with van der Waals surface area (Å²) in [5.74, 6) is 0. The number of nitrogens with one attached hydrogen (secondary N) is 1. The topological polar surface area (TPSA) is 58.3 Å². The number of hydrogen-bond acceptors (Lipinski definition) is 3. The molecule has 2 atom stereocenters. The van der Waals surface area contributed by atoms with Gasteiger partial charge in [0.05, 0.1) is 12.1 Å². The Labute approximate surface area is 77.6 Å². The summed E-state index contributed by atoms with van der Waals surface area (Å²) >= 11 is 0. The summed E-state index contributed by atoms with van der Waals surface area (Å²) in [6.45, 7) is 2.56. The summed E-state index contributed by atoms with van der Waals surface area (Å²) < 4.78 is 0. The Morgan fingerprint density at radius 3 is 3.08 bits per heavy atom. The van der Waals surface area contributed by atoms with Crippen molar-refractivity contribution in [3.63, 3.8) is 0 Å². The Bertz CT molecular complexity index is 325. The standard InChI is InChI=1S/C10H14N2O/c1-6-2-3-8-7(4-6)10(11)9(13)5-12-8/h2-4,9-10,12-13H,5,11H2,1H3. The monoisotopic (exact) mass is 178 g/mol. The van der Waals surface area contributed by atoms with Crippen LogP contribution in [0.3, 0.4) is 0 Å². The smallest absolute Gasteiger partial charge is 0.0905 e. The molecule has 0 bridgehead atoms. The molecule has 0 saturated heterocycles. The third-order valence-corrected chi connectivity index (χ3v) is 2.48. The summed E-state index contributed by atoms with van der Waals surface area (Å²) in [6.07, 6.45) is -0.478. The van der Waals surface area contributed by atoms with Gasteiger partial charge in [0.25, 0.3) is 0 Å². The second-order valence-corrected chi connectivity index (χ2v) is 3.56. The van der Waals surface area contributed by atoms with Gasteiger partial charge in [0.1, 0.15) is 0 Å². The first kappa shape index (κ1) is 8.53. The van der Waals surface area contributed by atoms with Crippen molar-refractivity contribution < 1.29 is 5.11 Å². The van der Waals surface area contributed by atoms with Gasteiger partial charge in [-0.1, -0.05) is 17.7 Å².